The van der Waals surface area contributed by atoms with Crippen LogP contribution in [-0.4, -0.2) is 31.7 Å². The molecule has 2 heterocycles. The molecular weight excluding hydrogens is 341 g/mol. The lowest BCUT2D eigenvalue weighted by Crippen LogP contribution is -2.31. The van der Waals surface area contributed by atoms with Gasteiger partial charge in [-0.2, -0.15) is 0 Å². The van der Waals surface area contributed by atoms with Gasteiger partial charge in [-0.3, -0.25) is 9.00 Å². The van der Waals surface area contributed by atoms with Gasteiger partial charge in [0.25, 0.3) is 5.56 Å². The van der Waals surface area contributed by atoms with Crippen LogP contribution in [0.2, 0.25) is 0 Å². The van der Waals surface area contributed by atoms with Crippen LogP contribution in [0, 0.1) is 3.57 Å². The van der Waals surface area contributed by atoms with Crippen molar-refractivity contribution < 1.29 is 4.21 Å². The number of anilines is 1. The highest BCUT2D eigenvalue weighted by Crippen LogP contribution is 2.16. The predicted molar refractivity (Wildman–Crippen MR) is 72.1 cm³/mol. The number of rotatable bonds is 2. The summed E-state index contributed by atoms with van der Waals surface area (Å²) in [6.07, 6.45) is 3.14. The van der Waals surface area contributed by atoms with E-state index in [-0.39, 0.29) is 11.6 Å². The first-order valence-corrected chi connectivity index (χ1v) is 7.58. The molecule has 0 saturated carbocycles. The molecule has 1 saturated heterocycles. The largest absolute Gasteiger partial charge is 0.366 e. The number of H-pyrrole nitrogens is 1. The van der Waals surface area contributed by atoms with Crippen LogP contribution in [0.15, 0.2) is 11.1 Å². The fourth-order valence-electron chi connectivity index (χ4n) is 1.62. The number of hydrogen-bond acceptors (Lipinski definition) is 4. The summed E-state index contributed by atoms with van der Waals surface area (Å²) in [5, 5.41) is 3.24. The Morgan fingerprint density at radius 1 is 1.50 bits per heavy atom. The zero-order valence-electron chi connectivity index (χ0n) is 8.53. The van der Waals surface area contributed by atoms with Crippen molar-refractivity contribution in [2.24, 2.45) is 0 Å². The standard InChI is InChI=1S/C9H12IN3O2S/c10-7-8(11-5-12-9(7)14)13-6-1-3-16(15)4-2-6/h5-6H,1-4H2,(H2,11,12,13,14). The number of aromatic amines is 1. The fraction of sp³-hybridized carbons (Fsp3) is 0.556. The number of halogens is 1. The van der Waals surface area contributed by atoms with Gasteiger partial charge in [0.05, 0.1) is 6.33 Å². The van der Waals surface area contributed by atoms with E-state index in [1.807, 2.05) is 22.6 Å². The minimum Gasteiger partial charge on any atom is -0.366 e. The summed E-state index contributed by atoms with van der Waals surface area (Å²) in [7, 11) is -0.659. The molecule has 0 atom stereocenters. The van der Waals surface area contributed by atoms with E-state index in [2.05, 4.69) is 15.3 Å². The minimum absolute atomic E-state index is 0.127. The highest BCUT2D eigenvalue weighted by atomic mass is 127. The van der Waals surface area contributed by atoms with Crippen LogP contribution in [0.5, 0.6) is 0 Å². The topological polar surface area (TPSA) is 74.8 Å². The lowest BCUT2D eigenvalue weighted by molar-refractivity contribution is 0.622. The maximum absolute atomic E-state index is 11.3. The second kappa shape index (κ2) is 5.26. The first-order chi connectivity index (χ1) is 7.66. The van der Waals surface area contributed by atoms with Crippen LogP contribution in [0.4, 0.5) is 5.82 Å². The van der Waals surface area contributed by atoms with Gasteiger partial charge in [0.15, 0.2) is 0 Å². The molecule has 1 aliphatic heterocycles. The quantitative estimate of drug-likeness (QED) is 0.768. The molecule has 16 heavy (non-hydrogen) atoms. The average Bonchev–Trinajstić information content (AvgIpc) is 2.28. The Bertz CT molecular complexity index is 452. The van der Waals surface area contributed by atoms with Gasteiger partial charge >= 0.3 is 0 Å². The van der Waals surface area contributed by atoms with E-state index in [4.69, 9.17) is 0 Å². The lowest BCUT2D eigenvalue weighted by atomic mass is 10.1. The lowest BCUT2D eigenvalue weighted by Gasteiger charge is -2.23. The summed E-state index contributed by atoms with van der Waals surface area (Å²) < 4.78 is 11.8. The summed E-state index contributed by atoms with van der Waals surface area (Å²) in [5.41, 5.74) is -0.127. The molecule has 0 bridgehead atoms. The SMILES string of the molecule is O=c1[nH]cnc(NC2CCS(=O)CC2)c1I. The molecule has 1 aromatic rings. The molecule has 0 aromatic carbocycles. The Labute approximate surface area is 109 Å². The third-order valence-corrected chi connectivity index (χ3v) is 4.91. The van der Waals surface area contributed by atoms with Crippen molar-refractivity contribution in [1.29, 1.82) is 0 Å². The summed E-state index contributed by atoms with van der Waals surface area (Å²) in [6, 6.07) is 0.278. The highest BCUT2D eigenvalue weighted by molar-refractivity contribution is 14.1. The maximum Gasteiger partial charge on any atom is 0.266 e. The van der Waals surface area contributed by atoms with Gasteiger partial charge in [-0.25, -0.2) is 4.98 Å². The number of hydrogen-bond donors (Lipinski definition) is 2. The van der Waals surface area contributed by atoms with Gasteiger partial charge in [0, 0.05) is 28.3 Å². The molecule has 5 nitrogen and oxygen atoms in total. The zero-order valence-corrected chi connectivity index (χ0v) is 11.5. The van der Waals surface area contributed by atoms with Crippen LogP contribution >= 0.6 is 22.6 Å². The van der Waals surface area contributed by atoms with E-state index in [9.17, 15) is 9.00 Å². The molecule has 1 fully saturated rings. The van der Waals surface area contributed by atoms with E-state index in [0.717, 1.165) is 24.3 Å². The van der Waals surface area contributed by atoms with Crippen LogP contribution < -0.4 is 10.9 Å². The number of aromatic nitrogens is 2. The van der Waals surface area contributed by atoms with Crippen LogP contribution in [0.3, 0.4) is 0 Å². The van der Waals surface area contributed by atoms with E-state index in [1.165, 1.54) is 6.33 Å². The summed E-state index contributed by atoms with van der Waals surface area (Å²) in [5.74, 6) is 2.09. The van der Waals surface area contributed by atoms with Crippen molar-refractivity contribution in [3.63, 3.8) is 0 Å². The summed E-state index contributed by atoms with van der Waals surface area (Å²) in [6.45, 7) is 0. The third kappa shape index (κ3) is 2.82. The van der Waals surface area contributed by atoms with Gasteiger partial charge in [-0.05, 0) is 35.4 Å². The van der Waals surface area contributed by atoms with Crippen LogP contribution in [0.1, 0.15) is 12.8 Å². The van der Waals surface area contributed by atoms with Crippen molar-refractivity contribution in [2.75, 3.05) is 16.8 Å². The van der Waals surface area contributed by atoms with Gasteiger partial charge in [0.2, 0.25) is 0 Å². The second-order valence-corrected chi connectivity index (χ2v) is 6.44. The summed E-state index contributed by atoms with van der Waals surface area (Å²) in [4.78, 5) is 18.0. The molecule has 88 valence electrons. The maximum atomic E-state index is 11.3. The molecule has 2 rings (SSSR count). The third-order valence-electron chi connectivity index (χ3n) is 2.53. The van der Waals surface area contributed by atoms with E-state index < -0.39 is 10.8 Å². The Balaban J connectivity index is 2.07. The van der Waals surface area contributed by atoms with Crippen molar-refractivity contribution in [3.05, 3.63) is 20.3 Å². The van der Waals surface area contributed by atoms with E-state index in [0.29, 0.717) is 9.39 Å². The van der Waals surface area contributed by atoms with Crippen molar-refractivity contribution in [2.45, 2.75) is 18.9 Å². The van der Waals surface area contributed by atoms with Gasteiger partial charge in [-0.15, -0.1) is 0 Å². The normalized spacial score (nSPS) is 25.3. The first kappa shape index (κ1) is 12.0. The molecule has 0 radical (unpaired) electrons. The van der Waals surface area contributed by atoms with Crippen molar-refractivity contribution >= 4 is 39.2 Å². The number of nitrogens with one attached hydrogen (secondary N) is 2. The molecular formula is C9H12IN3O2S. The van der Waals surface area contributed by atoms with Crippen molar-refractivity contribution in [1.82, 2.24) is 9.97 Å². The van der Waals surface area contributed by atoms with Crippen LogP contribution in [0.25, 0.3) is 0 Å². The number of nitrogens with zero attached hydrogens (tertiary/aromatic N) is 1. The molecule has 2 N–H and O–H groups in total. The molecule has 0 unspecified atom stereocenters. The fourth-order valence-corrected chi connectivity index (χ4v) is 3.36. The van der Waals surface area contributed by atoms with Crippen molar-refractivity contribution in [3.8, 4) is 0 Å². The summed E-state index contributed by atoms with van der Waals surface area (Å²) >= 11 is 1.98. The minimum atomic E-state index is -0.659. The zero-order chi connectivity index (χ0) is 11.5. The van der Waals surface area contributed by atoms with Gasteiger partial charge in [0.1, 0.15) is 9.39 Å². The smallest absolute Gasteiger partial charge is 0.266 e. The van der Waals surface area contributed by atoms with Gasteiger partial charge in [-0.1, -0.05) is 0 Å². The Morgan fingerprint density at radius 2 is 2.19 bits per heavy atom. The molecule has 7 heteroatoms. The Morgan fingerprint density at radius 3 is 2.88 bits per heavy atom. The molecule has 0 spiro atoms. The highest BCUT2D eigenvalue weighted by Gasteiger charge is 2.19. The van der Waals surface area contributed by atoms with Gasteiger partial charge < -0.3 is 10.3 Å². The predicted octanol–water partition coefficient (Wildman–Crippen LogP) is 0.698. The molecule has 0 amide bonds. The molecule has 1 aromatic heterocycles. The molecule has 0 aliphatic carbocycles. The monoisotopic (exact) mass is 353 g/mol. The van der Waals surface area contributed by atoms with E-state index in [1.54, 1.807) is 0 Å². The Hall–Kier alpha value is -0.440. The van der Waals surface area contributed by atoms with E-state index >= 15 is 0 Å². The Kier molecular flexibility index (Phi) is 3.95. The molecule has 1 aliphatic rings. The first-order valence-electron chi connectivity index (χ1n) is 5.01. The van der Waals surface area contributed by atoms with Crippen LogP contribution in [-0.2, 0) is 10.8 Å². The average molecular weight is 353 g/mol. The second-order valence-electron chi connectivity index (χ2n) is 3.66.